The zero-order valence-electron chi connectivity index (χ0n) is 12.5. The Morgan fingerprint density at radius 3 is 2.52 bits per heavy atom. The Balaban J connectivity index is 3.11. The van der Waals surface area contributed by atoms with Gasteiger partial charge < -0.3 is 14.8 Å². The Kier molecular flexibility index (Phi) is 6.13. The molecule has 0 aliphatic carbocycles. The molecule has 0 spiro atoms. The van der Waals surface area contributed by atoms with E-state index in [1.54, 1.807) is 6.92 Å². The van der Waals surface area contributed by atoms with Gasteiger partial charge in [-0.2, -0.15) is 0 Å². The van der Waals surface area contributed by atoms with E-state index in [1.165, 1.54) is 39.5 Å². The van der Waals surface area contributed by atoms with Crippen LogP contribution in [0.25, 0.3) is 0 Å². The third kappa shape index (κ3) is 4.42. The van der Waals surface area contributed by atoms with Crippen LogP contribution >= 0.6 is 0 Å². The molecule has 1 aromatic carbocycles. The van der Waals surface area contributed by atoms with Crippen molar-refractivity contribution in [2.45, 2.75) is 17.9 Å². The molecule has 1 amide bonds. The minimum absolute atomic E-state index is 0.0838. The fraction of sp³-hybridized carbons (Fsp3) is 0.462. The third-order valence-corrected chi connectivity index (χ3v) is 4.21. The van der Waals surface area contributed by atoms with E-state index in [1.807, 2.05) is 0 Å². The number of rotatable bonds is 7. The third-order valence-electron chi connectivity index (χ3n) is 2.78. The monoisotopic (exact) mass is 316 g/mol. The molecular formula is C13H20N2O5S. The molecule has 118 valence electrons. The van der Waals surface area contributed by atoms with Gasteiger partial charge in [0.25, 0.3) is 5.91 Å². The van der Waals surface area contributed by atoms with Crippen molar-refractivity contribution in [3.05, 3.63) is 23.8 Å². The first-order chi connectivity index (χ1) is 9.85. The molecular weight excluding hydrogens is 296 g/mol. The van der Waals surface area contributed by atoms with Crippen LogP contribution in [0.4, 0.5) is 0 Å². The first kappa shape index (κ1) is 17.4. The molecule has 1 aromatic rings. The SMILES string of the molecule is CNS(=O)(=O)c1cc(C(=O)NC(C)COC)ccc1OC. The van der Waals surface area contributed by atoms with E-state index in [9.17, 15) is 13.2 Å². The first-order valence-electron chi connectivity index (χ1n) is 6.27. The highest BCUT2D eigenvalue weighted by Crippen LogP contribution is 2.24. The highest BCUT2D eigenvalue weighted by molar-refractivity contribution is 7.89. The maximum absolute atomic E-state index is 12.1. The Hall–Kier alpha value is -1.64. The van der Waals surface area contributed by atoms with Gasteiger partial charge in [0.2, 0.25) is 10.0 Å². The van der Waals surface area contributed by atoms with Crippen molar-refractivity contribution in [3.63, 3.8) is 0 Å². The van der Waals surface area contributed by atoms with E-state index in [-0.39, 0.29) is 28.2 Å². The lowest BCUT2D eigenvalue weighted by atomic mass is 10.2. The summed E-state index contributed by atoms with van der Waals surface area (Å²) in [7, 11) is 0.479. The molecule has 0 radical (unpaired) electrons. The number of hydrogen-bond acceptors (Lipinski definition) is 5. The molecule has 7 nitrogen and oxygen atoms in total. The van der Waals surface area contributed by atoms with Crippen LogP contribution in [0.2, 0.25) is 0 Å². The van der Waals surface area contributed by atoms with Crippen molar-refractivity contribution >= 4 is 15.9 Å². The van der Waals surface area contributed by atoms with Crippen LogP contribution in [0.1, 0.15) is 17.3 Å². The summed E-state index contributed by atoms with van der Waals surface area (Å²) in [5.41, 5.74) is 0.229. The Morgan fingerprint density at radius 2 is 2.00 bits per heavy atom. The Morgan fingerprint density at radius 1 is 1.33 bits per heavy atom. The zero-order chi connectivity index (χ0) is 16.0. The second kappa shape index (κ2) is 7.39. The highest BCUT2D eigenvalue weighted by atomic mass is 32.2. The minimum Gasteiger partial charge on any atom is -0.495 e. The van der Waals surface area contributed by atoms with Gasteiger partial charge in [-0.25, -0.2) is 13.1 Å². The van der Waals surface area contributed by atoms with E-state index >= 15 is 0 Å². The van der Waals surface area contributed by atoms with Crippen LogP contribution in [0.5, 0.6) is 5.75 Å². The fourth-order valence-corrected chi connectivity index (χ4v) is 2.65. The molecule has 0 aromatic heterocycles. The maximum atomic E-state index is 12.1. The van der Waals surface area contributed by atoms with Crippen molar-refractivity contribution in [3.8, 4) is 5.75 Å². The summed E-state index contributed by atoms with van der Waals surface area (Å²) in [5, 5.41) is 2.71. The van der Waals surface area contributed by atoms with Gasteiger partial charge in [-0.05, 0) is 32.2 Å². The number of benzene rings is 1. The lowest BCUT2D eigenvalue weighted by molar-refractivity contribution is 0.0905. The predicted octanol–water partition coefficient (Wildman–Crippen LogP) is 0.368. The van der Waals surface area contributed by atoms with Crippen LogP contribution in [-0.4, -0.2) is 48.2 Å². The number of amides is 1. The molecule has 1 unspecified atom stereocenters. The van der Waals surface area contributed by atoms with Gasteiger partial charge >= 0.3 is 0 Å². The van der Waals surface area contributed by atoms with Crippen LogP contribution < -0.4 is 14.8 Å². The van der Waals surface area contributed by atoms with E-state index in [4.69, 9.17) is 9.47 Å². The molecule has 0 fully saturated rings. The second-order valence-corrected chi connectivity index (χ2v) is 6.26. The fourth-order valence-electron chi connectivity index (χ4n) is 1.74. The molecule has 8 heteroatoms. The molecule has 0 aliphatic rings. The van der Waals surface area contributed by atoms with Crippen molar-refractivity contribution in [1.29, 1.82) is 0 Å². The molecule has 0 saturated heterocycles. The average molecular weight is 316 g/mol. The van der Waals surface area contributed by atoms with Gasteiger partial charge in [0, 0.05) is 18.7 Å². The summed E-state index contributed by atoms with van der Waals surface area (Å²) in [5.74, 6) is -0.208. The largest absolute Gasteiger partial charge is 0.495 e. The van der Waals surface area contributed by atoms with Gasteiger partial charge in [0.05, 0.1) is 13.7 Å². The molecule has 0 saturated carbocycles. The van der Waals surface area contributed by atoms with Crippen LogP contribution in [0, 0.1) is 0 Å². The predicted molar refractivity (Wildman–Crippen MR) is 78.0 cm³/mol. The van der Waals surface area contributed by atoms with Gasteiger partial charge in [-0.15, -0.1) is 0 Å². The Bertz CT molecular complexity index is 601. The van der Waals surface area contributed by atoms with Gasteiger partial charge in [-0.3, -0.25) is 4.79 Å². The zero-order valence-corrected chi connectivity index (χ0v) is 13.3. The summed E-state index contributed by atoms with van der Waals surface area (Å²) in [4.78, 5) is 12.0. The summed E-state index contributed by atoms with van der Waals surface area (Å²) in [6.45, 7) is 2.15. The van der Waals surface area contributed by atoms with Crippen molar-refractivity contribution in [2.24, 2.45) is 0 Å². The van der Waals surface area contributed by atoms with E-state index in [0.717, 1.165) is 0 Å². The molecule has 0 heterocycles. The summed E-state index contributed by atoms with van der Waals surface area (Å²) >= 11 is 0. The molecule has 21 heavy (non-hydrogen) atoms. The van der Waals surface area contributed by atoms with Crippen molar-refractivity contribution in [2.75, 3.05) is 27.9 Å². The Labute approximate surface area is 124 Å². The molecule has 0 aliphatic heterocycles. The van der Waals surface area contributed by atoms with E-state index in [2.05, 4.69) is 10.0 Å². The number of carbonyl (C=O) groups is 1. The number of hydrogen-bond donors (Lipinski definition) is 2. The van der Waals surface area contributed by atoms with Gasteiger partial charge in [0.1, 0.15) is 10.6 Å². The van der Waals surface area contributed by atoms with E-state index < -0.39 is 10.0 Å². The maximum Gasteiger partial charge on any atom is 0.251 e. The number of carbonyl (C=O) groups excluding carboxylic acids is 1. The number of ether oxygens (including phenoxy) is 2. The lowest BCUT2D eigenvalue weighted by Crippen LogP contribution is -2.35. The summed E-state index contributed by atoms with van der Waals surface area (Å²) < 4.78 is 36.0. The minimum atomic E-state index is -3.72. The number of nitrogens with one attached hydrogen (secondary N) is 2. The smallest absolute Gasteiger partial charge is 0.251 e. The second-order valence-electron chi connectivity index (χ2n) is 4.40. The summed E-state index contributed by atoms with van der Waals surface area (Å²) in [6, 6.07) is 4.04. The van der Waals surface area contributed by atoms with Crippen LogP contribution in [0.15, 0.2) is 23.1 Å². The topological polar surface area (TPSA) is 93.7 Å². The number of sulfonamides is 1. The van der Waals surface area contributed by atoms with Crippen LogP contribution in [-0.2, 0) is 14.8 Å². The van der Waals surface area contributed by atoms with E-state index in [0.29, 0.717) is 6.61 Å². The first-order valence-corrected chi connectivity index (χ1v) is 7.75. The molecule has 1 atom stereocenters. The number of methoxy groups -OCH3 is 2. The quantitative estimate of drug-likeness (QED) is 0.758. The average Bonchev–Trinajstić information content (AvgIpc) is 2.46. The highest BCUT2D eigenvalue weighted by Gasteiger charge is 2.20. The van der Waals surface area contributed by atoms with Crippen molar-refractivity contribution in [1.82, 2.24) is 10.0 Å². The van der Waals surface area contributed by atoms with Crippen molar-refractivity contribution < 1.29 is 22.7 Å². The van der Waals surface area contributed by atoms with Gasteiger partial charge in [0.15, 0.2) is 0 Å². The van der Waals surface area contributed by atoms with Gasteiger partial charge in [-0.1, -0.05) is 0 Å². The normalized spacial score (nSPS) is 12.8. The molecule has 2 N–H and O–H groups in total. The summed E-state index contributed by atoms with van der Waals surface area (Å²) in [6.07, 6.45) is 0. The lowest BCUT2D eigenvalue weighted by Gasteiger charge is -2.14. The standard InChI is InChI=1S/C13H20N2O5S/c1-9(8-19-3)15-13(16)10-5-6-11(20-4)12(7-10)21(17,18)14-2/h5-7,9,14H,8H2,1-4H3,(H,15,16). The van der Waals surface area contributed by atoms with Crippen LogP contribution in [0.3, 0.4) is 0 Å². The molecule has 1 rings (SSSR count). The molecule has 0 bridgehead atoms.